The molecule has 1 aliphatic heterocycles. The van der Waals surface area contributed by atoms with Gasteiger partial charge in [0.1, 0.15) is 5.75 Å². The predicted octanol–water partition coefficient (Wildman–Crippen LogP) is 4.37. The maximum absolute atomic E-state index is 10.4. The third-order valence-electron chi connectivity index (χ3n) is 4.72. The molecule has 0 spiro atoms. The normalized spacial score (nSPS) is 24.1. The minimum atomic E-state index is -0.187. The van der Waals surface area contributed by atoms with Crippen molar-refractivity contribution in [2.24, 2.45) is 0 Å². The number of ether oxygens (including phenoxy) is 1. The summed E-state index contributed by atoms with van der Waals surface area (Å²) >= 11 is 1.99. The summed E-state index contributed by atoms with van der Waals surface area (Å²) in [4.78, 5) is 0. The second-order valence-corrected chi connectivity index (χ2v) is 7.69. The first-order valence-electron chi connectivity index (χ1n) is 8.34. The second-order valence-electron chi connectivity index (χ2n) is 6.35. The number of benzene rings is 1. The molecule has 2 aliphatic rings. The van der Waals surface area contributed by atoms with Crippen molar-refractivity contribution in [3.63, 3.8) is 0 Å². The molecule has 1 saturated carbocycles. The second kappa shape index (κ2) is 7.55. The Hall–Kier alpha value is -0.670. The first-order chi connectivity index (χ1) is 10.3. The summed E-state index contributed by atoms with van der Waals surface area (Å²) in [5.74, 6) is 2.36. The fourth-order valence-corrected chi connectivity index (χ4v) is 4.83. The van der Waals surface area contributed by atoms with Gasteiger partial charge in [-0.3, -0.25) is 0 Å². The highest BCUT2D eigenvalue weighted by atomic mass is 32.2. The molecule has 1 fully saturated rings. The smallest absolute Gasteiger partial charge is 0.122 e. The van der Waals surface area contributed by atoms with Gasteiger partial charge in [0.25, 0.3) is 0 Å². The van der Waals surface area contributed by atoms with Crippen molar-refractivity contribution in [2.45, 2.75) is 62.2 Å². The Balaban J connectivity index is 1.49. The summed E-state index contributed by atoms with van der Waals surface area (Å²) in [6.45, 7) is 0.782. The van der Waals surface area contributed by atoms with E-state index in [0.717, 1.165) is 36.2 Å². The Labute approximate surface area is 132 Å². The molecule has 1 aliphatic carbocycles. The van der Waals surface area contributed by atoms with Gasteiger partial charge in [0, 0.05) is 11.0 Å². The van der Waals surface area contributed by atoms with Crippen molar-refractivity contribution >= 4 is 11.8 Å². The number of hydrogen-bond acceptors (Lipinski definition) is 3. The predicted molar refractivity (Wildman–Crippen MR) is 89.2 cm³/mol. The molecule has 1 N–H and O–H groups in total. The van der Waals surface area contributed by atoms with E-state index in [9.17, 15) is 5.11 Å². The summed E-state index contributed by atoms with van der Waals surface area (Å²) in [5, 5.41) is 11.2. The minimum absolute atomic E-state index is 0.187. The van der Waals surface area contributed by atoms with Crippen LogP contribution in [0.3, 0.4) is 0 Å². The highest BCUT2D eigenvalue weighted by Crippen LogP contribution is 2.37. The van der Waals surface area contributed by atoms with Gasteiger partial charge >= 0.3 is 0 Å². The average Bonchev–Trinajstić information content (AvgIpc) is 2.54. The quantitative estimate of drug-likeness (QED) is 0.876. The van der Waals surface area contributed by atoms with Gasteiger partial charge < -0.3 is 9.84 Å². The molecule has 2 atom stereocenters. The molecule has 0 radical (unpaired) electrons. The molecule has 2 unspecified atom stereocenters. The van der Waals surface area contributed by atoms with E-state index in [1.54, 1.807) is 0 Å². The third-order valence-corrected chi connectivity index (χ3v) is 6.24. The molecule has 2 nitrogen and oxygen atoms in total. The van der Waals surface area contributed by atoms with Crippen molar-refractivity contribution in [2.75, 3.05) is 12.4 Å². The molecule has 1 heterocycles. The van der Waals surface area contributed by atoms with Crippen LogP contribution in [0.4, 0.5) is 0 Å². The Morgan fingerprint density at radius 1 is 1.14 bits per heavy atom. The lowest BCUT2D eigenvalue weighted by Gasteiger charge is -2.28. The zero-order chi connectivity index (χ0) is 14.5. The highest BCUT2D eigenvalue weighted by Gasteiger charge is 2.24. The SMILES string of the molecule is OC(CSC1CCCCC1)CC1CCOc2ccccc21. The Morgan fingerprint density at radius 3 is 2.81 bits per heavy atom. The molecular weight excluding hydrogens is 280 g/mol. The van der Waals surface area contributed by atoms with E-state index < -0.39 is 0 Å². The third kappa shape index (κ3) is 4.17. The largest absolute Gasteiger partial charge is 0.493 e. The van der Waals surface area contributed by atoms with E-state index >= 15 is 0 Å². The first kappa shape index (κ1) is 15.2. The van der Waals surface area contributed by atoms with Gasteiger partial charge in [0.2, 0.25) is 0 Å². The van der Waals surface area contributed by atoms with Gasteiger partial charge in [-0.05, 0) is 43.2 Å². The molecule has 3 heteroatoms. The van der Waals surface area contributed by atoms with E-state index in [0.29, 0.717) is 5.92 Å². The van der Waals surface area contributed by atoms with Crippen LogP contribution in [0.25, 0.3) is 0 Å². The number of thioether (sulfide) groups is 1. The average molecular weight is 306 g/mol. The molecule has 0 amide bonds. The first-order valence-corrected chi connectivity index (χ1v) is 9.39. The topological polar surface area (TPSA) is 29.5 Å². The monoisotopic (exact) mass is 306 g/mol. The fraction of sp³-hybridized carbons (Fsp3) is 0.667. The van der Waals surface area contributed by atoms with E-state index in [1.807, 2.05) is 23.9 Å². The zero-order valence-electron chi connectivity index (χ0n) is 12.7. The maximum atomic E-state index is 10.4. The molecular formula is C18H26O2S. The van der Waals surface area contributed by atoms with Crippen molar-refractivity contribution in [1.29, 1.82) is 0 Å². The van der Waals surface area contributed by atoms with E-state index in [2.05, 4.69) is 12.1 Å². The summed E-state index contributed by atoms with van der Waals surface area (Å²) in [5.41, 5.74) is 1.28. The number of hydrogen-bond donors (Lipinski definition) is 1. The van der Waals surface area contributed by atoms with Crippen molar-refractivity contribution < 1.29 is 9.84 Å². The summed E-state index contributed by atoms with van der Waals surface area (Å²) in [6, 6.07) is 8.30. The Kier molecular flexibility index (Phi) is 5.48. The number of aliphatic hydroxyl groups is 1. The van der Waals surface area contributed by atoms with Crippen LogP contribution in [0.2, 0.25) is 0 Å². The van der Waals surface area contributed by atoms with Crippen LogP contribution in [-0.2, 0) is 0 Å². The van der Waals surface area contributed by atoms with Crippen LogP contribution in [0, 0.1) is 0 Å². The molecule has 0 aromatic heterocycles. The highest BCUT2D eigenvalue weighted by molar-refractivity contribution is 7.99. The minimum Gasteiger partial charge on any atom is -0.493 e. The van der Waals surface area contributed by atoms with E-state index in [1.165, 1.54) is 37.7 Å². The summed E-state index contributed by atoms with van der Waals surface area (Å²) in [7, 11) is 0. The molecule has 116 valence electrons. The number of fused-ring (bicyclic) bond motifs is 1. The van der Waals surface area contributed by atoms with Gasteiger partial charge in [0.15, 0.2) is 0 Å². The van der Waals surface area contributed by atoms with E-state index in [4.69, 9.17) is 4.74 Å². The zero-order valence-corrected chi connectivity index (χ0v) is 13.5. The van der Waals surface area contributed by atoms with Crippen LogP contribution in [0.15, 0.2) is 24.3 Å². The van der Waals surface area contributed by atoms with Gasteiger partial charge in [-0.15, -0.1) is 0 Å². The molecule has 1 aromatic rings. The van der Waals surface area contributed by atoms with Crippen LogP contribution in [-0.4, -0.2) is 28.8 Å². The van der Waals surface area contributed by atoms with Gasteiger partial charge in [-0.25, -0.2) is 0 Å². The fourth-order valence-electron chi connectivity index (χ4n) is 3.54. The lowest BCUT2D eigenvalue weighted by atomic mass is 9.88. The maximum Gasteiger partial charge on any atom is 0.122 e. The van der Waals surface area contributed by atoms with E-state index in [-0.39, 0.29) is 6.10 Å². The Morgan fingerprint density at radius 2 is 1.95 bits per heavy atom. The molecule has 0 saturated heterocycles. The van der Waals surface area contributed by atoms with Crippen LogP contribution < -0.4 is 4.74 Å². The summed E-state index contributed by atoms with van der Waals surface area (Å²) in [6.07, 6.45) is 8.56. The van der Waals surface area contributed by atoms with Crippen molar-refractivity contribution in [1.82, 2.24) is 0 Å². The van der Waals surface area contributed by atoms with Gasteiger partial charge in [-0.2, -0.15) is 11.8 Å². The summed E-state index contributed by atoms with van der Waals surface area (Å²) < 4.78 is 5.70. The van der Waals surface area contributed by atoms with Crippen molar-refractivity contribution in [3.8, 4) is 5.75 Å². The molecule has 21 heavy (non-hydrogen) atoms. The molecule has 0 bridgehead atoms. The lowest BCUT2D eigenvalue weighted by Crippen LogP contribution is -2.22. The number of rotatable bonds is 5. The Bertz CT molecular complexity index is 443. The van der Waals surface area contributed by atoms with Crippen LogP contribution in [0.5, 0.6) is 5.75 Å². The van der Waals surface area contributed by atoms with Crippen LogP contribution >= 0.6 is 11.8 Å². The van der Waals surface area contributed by atoms with Crippen LogP contribution in [0.1, 0.15) is 56.4 Å². The lowest BCUT2D eigenvalue weighted by molar-refractivity contribution is 0.163. The number of para-hydroxylation sites is 1. The standard InChI is InChI=1S/C18H26O2S/c19-15(13-21-16-6-2-1-3-7-16)12-14-10-11-20-18-9-5-4-8-17(14)18/h4-5,8-9,14-16,19H,1-3,6-7,10-13H2. The molecule has 3 rings (SSSR count). The van der Waals surface area contributed by atoms with Gasteiger partial charge in [-0.1, -0.05) is 37.5 Å². The van der Waals surface area contributed by atoms with Gasteiger partial charge in [0.05, 0.1) is 12.7 Å². The van der Waals surface area contributed by atoms with Crippen molar-refractivity contribution in [3.05, 3.63) is 29.8 Å². The molecule has 1 aromatic carbocycles. The number of aliphatic hydroxyl groups excluding tert-OH is 1.